The first kappa shape index (κ1) is 25.5. The second kappa shape index (κ2) is 11.2. The third kappa shape index (κ3) is 4.76. The maximum Gasteiger partial charge on any atom is 0.130 e. The lowest BCUT2D eigenvalue weighted by atomic mass is 9.73. The van der Waals surface area contributed by atoms with E-state index in [2.05, 4.69) is 144 Å². The molecular weight excluding hydrogens is 502 g/mol. The minimum Gasteiger partial charge on any atom is -0.497 e. The molecule has 41 heavy (non-hydrogen) atoms. The molecule has 5 aromatic rings. The maximum absolute atomic E-state index is 5.65. The van der Waals surface area contributed by atoms with Crippen molar-refractivity contribution in [2.24, 2.45) is 10.9 Å². The average Bonchev–Trinajstić information content (AvgIpc) is 3.06. The Morgan fingerprint density at radius 2 is 1.10 bits per heavy atom. The number of rotatable bonds is 6. The minimum atomic E-state index is -0.177. The highest BCUT2D eigenvalue weighted by Crippen LogP contribution is 2.54. The second-order valence-electron chi connectivity index (χ2n) is 10.7. The number of hydrogen-bond donors (Lipinski definition) is 1. The van der Waals surface area contributed by atoms with E-state index in [4.69, 9.17) is 9.73 Å². The van der Waals surface area contributed by atoms with Crippen LogP contribution >= 0.6 is 0 Å². The lowest BCUT2D eigenvalue weighted by Gasteiger charge is -2.56. The van der Waals surface area contributed by atoms with Crippen LogP contribution in [0, 0.1) is 5.92 Å². The van der Waals surface area contributed by atoms with Crippen LogP contribution in [0.4, 0.5) is 0 Å². The summed E-state index contributed by atoms with van der Waals surface area (Å²) in [6, 6.07) is 51.8. The van der Waals surface area contributed by atoms with Crippen LogP contribution in [0.25, 0.3) is 0 Å². The standard InChI is InChI=1S/C37H33N3O/c1-41-31-24-22-27(23-25-31)34-32-33(26-14-6-2-7-15-26)38-36(29-18-10-4-11-19-29)40(35(32)28-16-8-3-9-17-28)37(39-34)30-20-12-5-13-21-30/h2-25,32-33,35-38H,1H3/t32-,33+,35-,36+,37-/m1/s1. The van der Waals surface area contributed by atoms with E-state index in [-0.39, 0.29) is 30.3 Å². The zero-order chi connectivity index (χ0) is 27.6. The first-order valence-corrected chi connectivity index (χ1v) is 14.3. The molecule has 0 aliphatic carbocycles. The molecule has 2 aliphatic heterocycles. The third-order valence-electron chi connectivity index (χ3n) is 8.41. The summed E-state index contributed by atoms with van der Waals surface area (Å²) in [5.74, 6) is 0.907. The van der Waals surface area contributed by atoms with E-state index in [0.717, 1.165) is 17.0 Å². The fourth-order valence-corrected chi connectivity index (χ4v) is 6.57. The summed E-state index contributed by atoms with van der Waals surface area (Å²) in [7, 11) is 1.71. The summed E-state index contributed by atoms with van der Waals surface area (Å²) in [4.78, 5) is 8.25. The molecule has 202 valence electrons. The van der Waals surface area contributed by atoms with Gasteiger partial charge in [-0.1, -0.05) is 121 Å². The van der Waals surface area contributed by atoms with Crippen LogP contribution in [-0.2, 0) is 0 Å². The van der Waals surface area contributed by atoms with E-state index in [1.165, 1.54) is 22.3 Å². The van der Waals surface area contributed by atoms with Gasteiger partial charge in [-0.3, -0.25) is 15.2 Å². The molecule has 0 radical (unpaired) electrons. The molecule has 6 atom stereocenters. The predicted molar refractivity (Wildman–Crippen MR) is 165 cm³/mol. The van der Waals surface area contributed by atoms with Crippen LogP contribution in [0.2, 0.25) is 0 Å². The predicted octanol–water partition coefficient (Wildman–Crippen LogP) is 7.90. The second-order valence-corrected chi connectivity index (χ2v) is 10.7. The van der Waals surface area contributed by atoms with Crippen molar-refractivity contribution in [1.82, 2.24) is 10.2 Å². The van der Waals surface area contributed by atoms with E-state index in [0.29, 0.717) is 0 Å². The molecule has 4 heteroatoms. The number of fused-ring (bicyclic) bond motifs is 2. The Labute approximate surface area is 242 Å². The molecule has 1 fully saturated rings. The van der Waals surface area contributed by atoms with Gasteiger partial charge in [-0.05, 0) is 52.1 Å². The molecule has 0 spiro atoms. The SMILES string of the molecule is COc1ccc(C2=N[C@@H](c3ccccc3)N3[C@@H](c4ccccc4)N[C@@H](c4ccccc4)[C@H]2[C@H]3c2ccccc2)cc1. The van der Waals surface area contributed by atoms with E-state index >= 15 is 0 Å². The van der Waals surface area contributed by atoms with Gasteiger partial charge in [-0.25, -0.2) is 0 Å². The van der Waals surface area contributed by atoms with Crippen LogP contribution in [-0.4, -0.2) is 17.7 Å². The molecule has 1 unspecified atom stereocenters. The first-order valence-electron chi connectivity index (χ1n) is 14.3. The Hall–Kier alpha value is -4.51. The highest BCUT2D eigenvalue weighted by atomic mass is 16.5. The van der Waals surface area contributed by atoms with Gasteiger partial charge < -0.3 is 4.74 Å². The summed E-state index contributed by atoms with van der Waals surface area (Å²) < 4.78 is 5.51. The Morgan fingerprint density at radius 3 is 1.66 bits per heavy atom. The highest BCUT2D eigenvalue weighted by molar-refractivity contribution is 6.04. The molecule has 0 aromatic heterocycles. The zero-order valence-corrected chi connectivity index (χ0v) is 23.0. The summed E-state index contributed by atoms with van der Waals surface area (Å²) in [5.41, 5.74) is 7.20. The van der Waals surface area contributed by atoms with Crippen molar-refractivity contribution in [3.8, 4) is 5.75 Å². The van der Waals surface area contributed by atoms with Crippen molar-refractivity contribution in [3.05, 3.63) is 173 Å². The number of hydrogen-bond acceptors (Lipinski definition) is 4. The smallest absolute Gasteiger partial charge is 0.130 e. The van der Waals surface area contributed by atoms with Crippen LogP contribution in [0.3, 0.4) is 0 Å². The van der Waals surface area contributed by atoms with Crippen LogP contribution in [0.15, 0.2) is 151 Å². The largest absolute Gasteiger partial charge is 0.497 e. The van der Waals surface area contributed by atoms with Gasteiger partial charge in [0, 0.05) is 18.0 Å². The van der Waals surface area contributed by atoms with Crippen molar-refractivity contribution >= 4 is 5.71 Å². The summed E-state index contributed by atoms with van der Waals surface area (Å²) in [6.45, 7) is 0. The molecule has 7 rings (SSSR count). The molecule has 5 aromatic carbocycles. The van der Waals surface area contributed by atoms with Gasteiger partial charge in [0.2, 0.25) is 0 Å². The van der Waals surface area contributed by atoms with E-state index in [1.807, 2.05) is 12.1 Å². The number of nitrogens with zero attached hydrogens (tertiary/aromatic N) is 2. The molecule has 1 N–H and O–H groups in total. The summed E-state index contributed by atoms with van der Waals surface area (Å²) in [5, 5.41) is 4.13. The van der Waals surface area contributed by atoms with Gasteiger partial charge in [0.25, 0.3) is 0 Å². The Bertz CT molecular complexity index is 1610. The summed E-state index contributed by atoms with van der Waals surface area (Å²) >= 11 is 0. The monoisotopic (exact) mass is 535 g/mol. The topological polar surface area (TPSA) is 36.9 Å². The molecule has 2 heterocycles. The molecule has 0 saturated carbocycles. The Balaban J connectivity index is 1.51. The van der Waals surface area contributed by atoms with Gasteiger partial charge in [0.15, 0.2) is 0 Å². The van der Waals surface area contributed by atoms with Crippen molar-refractivity contribution in [3.63, 3.8) is 0 Å². The molecule has 2 aliphatic rings. The number of methoxy groups -OCH3 is 1. The van der Waals surface area contributed by atoms with Gasteiger partial charge in [0.1, 0.15) is 11.9 Å². The zero-order valence-electron chi connectivity index (χ0n) is 23.0. The highest BCUT2D eigenvalue weighted by Gasteiger charge is 2.52. The molecule has 2 bridgehead atoms. The van der Waals surface area contributed by atoms with Crippen molar-refractivity contribution < 1.29 is 4.74 Å². The quantitative estimate of drug-likeness (QED) is 0.240. The summed E-state index contributed by atoms with van der Waals surface area (Å²) in [6.07, 6.45) is -0.224. The molecular formula is C37H33N3O. The van der Waals surface area contributed by atoms with Crippen LogP contribution < -0.4 is 10.1 Å². The molecule has 1 saturated heterocycles. The number of nitrogens with one attached hydrogen (secondary N) is 1. The number of benzene rings is 5. The van der Waals surface area contributed by atoms with Gasteiger partial charge in [-0.15, -0.1) is 0 Å². The van der Waals surface area contributed by atoms with Crippen LogP contribution in [0.1, 0.15) is 52.2 Å². The normalized spacial score (nSPS) is 25.2. The Kier molecular flexibility index (Phi) is 6.93. The minimum absolute atomic E-state index is 0.0421. The Morgan fingerprint density at radius 1 is 0.585 bits per heavy atom. The van der Waals surface area contributed by atoms with Crippen LogP contribution in [0.5, 0.6) is 5.75 Å². The fourth-order valence-electron chi connectivity index (χ4n) is 6.57. The fraction of sp³-hybridized carbons (Fsp3) is 0.162. The molecule has 0 amide bonds. The van der Waals surface area contributed by atoms with E-state index in [1.54, 1.807) is 7.11 Å². The number of aliphatic imine (C=N–C) groups is 1. The average molecular weight is 536 g/mol. The lowest BCUT2D eigenvalue weighted by molar-refractivity contribution is -0.0257. The van der Waals surface area contributed by atoms with E-state index < -0.39 is 0 Å². The van der Waals surface area contributed by atoms with Gasteiger partial charge >= 0.3 is 0 Å². The lowest BCUT2D eigenvalue weighted by Crippen LogP contribution is -2.58. The molecule has 4 nitrogen and oxygen atoms in total. The van der Waals surface area contributed by atoms with Gasteiger partial charge in [0.05, 0.1) is 19.0 Å². The maximum atomic E-state index is 5.65. The third-order valence-corrected chi connectivity index (χ3v) is 8.41. The van der Waals surface area contributed by atoms with Crippen molar-refractivity contribution in [2.45, 2.75) is 24.4 Å². The van der Waals surface area contributed by atoms with Crippen molar-refractivity contribution in [1.29, 1.82) is 0 Å². The van der Waals surface area contributed by atoms with Crippen molar-refractivity contribution in [2.75, 3.05) is 7.11 Å². The number of ether oxygens (including phenoxy) is 1. The first-order chi connectivity index (χ1) is 20.3. The van der Waals surface area contributed by atoms with Gasteiger partial charge in [-0.2, -0.15) is 0 Å². The van der Waals surface area contributed by atoms with E-state index in [9.17, 15) is 0 Å².